The van der Waals surface area contributed by atoms with Gasteiger partial charge in [-0.05, 0) is 19.4 Å². The Morgan fingerprint density at radius 2 is 1.95 bits per heavy atom. The minimum Gasteiger partial charge on any atom is -0.388 e. The number of hydrogen-bond acceptors (Lipinski definition) is 4. The molecule has 4 nitrogen and oxygen atoms in total. The first kappa shape index (κ1) is 14.5. The van der Waals surface area contributed by atoms with Crippen molar-refractivity contribution in [2.45, 2.75) is 25.0 Å². The SMILES string of the molecule is CC(N)(CC(O)c1cncnc1)c1ccc(F)cc1F. The molecule has 3 N–H and O–H groups in total. The van der Waals surface area contributed by atoms with Crippen LogP contribution in [0.3, 0.4) is 0 Å². The van der Waals surface area contributed by atoms with Gasteiger partial charge in [0.25, 0.3) is 0 Å². The first-order valence-corrected chi connectivity index (χ1v) is 6.07. The molecule has 106 valence electrons. The van der Waals surface area contributed by atoms with Crippen molar-refractivity contribution in [1.82, 2.24) is 9.97 Å². The smallest absolute Gasteiger partial charge is 0.131 e. The van der Waals surface area contributed by atoms with E-state index in [0.29, 0.717) is 5.56 Å². The van der Waals surface area contributed by atoms with Gasteiger partial charge in [0.05, 0.1) is 6.10 Å². The minimum absolute atomic E-state index is 0.0585. The quantitative estimate of drug-likeness (QED) is 0.898. The van der Waals surface area contributed by atoms with Gasteiger partial charge in [0.1, 0.15) is 18.0 Å². The summed E-state index contributed by atoms with van der Waals surface area (Å²) in [7, 11) is 0. The third-order valence-corrected chi connectivity index (χ3v) is 3.13. The highest BCUT2D eigenvalue weighted by atomic mass is 19.1. The number of benzene rings is 1. The third kappa shape index (κ3) is 3.15. The molecular weight excluding hydrogens is 264 g/mol. The molecule has 2 aromatic rings. The van der Waals surface area contributed by atoms with Crippen LogP contribution in [0.2, 0.25) is 0 Å². The van der Waals surface area contributed by atoms with Crippen molar-refractivity contribution in [3.8, 4) is 0 Å². The fraction of sp³-hybridized carbons (Fsp3) is 0.286. The molecule has 0 bridgehead atoms. The summed E-state index contributed by atoms with van der Waals surface area (Å²) in [4.78, 5) is 7.60. The molecule has 2 atom stereocenters. The molecular formula is C14H15F2N3O. The van der Waals surface area contributed by atoms with Gasteiger partial charge in [-0.2, -0.15) is 0 Å². The van der Waals surface area contributed by atoms with Gasteiger partial charge in [0.15, 0.2) is 0 Å². The second-order valence-corrected chi connectivity index (χ2v) is 4.93. The largest absolute Gasteiger partial charge is 0.388 e. The molecule has 0 fully saturated rings. The van der Waals surface area contributed by atoms with E-state index in [2.05, 4.69) is 9.97 Å². The normalized spacial score (nSPS) is 15.7. The lowest BCUT2D eigenvalue weighted by molar-refractivity contribution is 0.135. The van der Waals surface area contributed by atoms with Crippen molar-refractivity contribution in [1.29, 1.82) is 0 Å². The molecule has 0 amide bonds. The van der Waals surface area contributed by atoms with Gasteiger partial charge in [-0.25, -0.2) is 18.7 Å². The molecule has 0 radical (unpaired) electrons. The van der Waals surface area contributed by atoms with Crippen molar-refractivity contribution in [2.24, 2.45) is 5.73 Å². The second kappa shape index (κ2) is 5.60. The van der Waals surface area contributed by atoms with E-state index in [0.717, 1.165) is 12.1 Å². The summed E-state index contributed by atoms with van der Waals surface area (Å²) >= 11 is 0. The molecule has 2 rings (SSSR count). The zero-order valence-electron chi connectivity index (χ0n) is 10.9. The Morgan fingerprint density at radius 3 is 2.55 bits per heavy atom. The van der Waals surface area contributed by atoms with E-state index >= 15 is 0 Å². The van der Waals surface area contributed by atoms with Gasteiger partial charge in [0.2, 0.25) is 0 Å². The molecule has 0 aliphatic heterocycles. The van der Waals surface area contributed by atoms with E-state index in [-0.39, 0.29) is 12.0 Å². The zero-order chi connectivity index (χ0) is 14.8. The van der Waals surface area contributed by atoms with E-state index in [1.54, 1.807) is 6.92 Å². The fourth-order valence-electron chi connectivity index (χ4n) is 2.06. The number of aromatic nitrogens is 2. The molecule has 0 aliphatic carbocycles. The van der Waals surface area contributed by atoms with Crippen LogP contribution in [0.4, 0.5) is 8.78 Å². The lowest BCUT2D eigenvalue weighted by Gasteiger charge is -2.28. The van der Waals surface area contributed by atoms with Crippen LogP contribution < -0.4 is 5.73 Å². The summed E-state index contributed by atoms with van der Waals surface area (Å²) in [6.45, 7) is 1.58. The molecule has 0 spiro atoms. The topological polar surface area (TPSA) is 72.0 Å². The Balaban J connectivity index is 2.22. The summed E-state index contributed by atoms with van der Waals surface area (Å²) in [5.74, 6) is -1.40. The summed E-state index contributed by atoms with van der Waals surface area (Å²) in [6, 6.07) is 3.21. The van der Waals surface area contributed by atoms with Crippen LogP contribution in [0.25, 0.3) is 0 Å². The summed E-state index contributed by atoms with van der Waals surface area (Å²) in [6.07, 6.45) is 3.40. The number of nitrogens with two attached hydrogens (primary N) is 1. The first-order chi connectivity index (χ1) is 9.40. The summed E-state index contributed by atoms with van der Waals surface area (Å²) in [5.41, 5.74) is 5.56. The first-order valence-electron chi connectivity index (χ1n) is 6.07. The average molecular weight is 279 g/mol. The monoisotopic (exact) mass is 279 g/mol. The fourth-order valence-corrected chi connectivity index (χ4v) is 2.06. The van der Waals surface area contributed by atoms with Gasteiger partial charge in [0, 0.05) is 35.1 Å². The van der Waals surface area contributed by atoms with Crippen LogP contribution in [0.15, 0.2) is 36.9 Å². The molecule has 1 heterocycles. The predicted molar refractivity (Wildman–Crippen MR) is 69.5 cm³/mol. The number of halogens is 2. The number of rotatable bonds is 4. The average Bonchev–Trinajstić information content (AvgIpc) is 2.38. The lowest BCUT2D eigenvalue weighted by atomic mass is 9.85. The summed E-state index contributed by atoms with van der Waals surface area (Å²) < 4.78 is 26.7. The second-order valence-electron chi connectivity index (χ2n) is 4.93. The third-order valence-electron chi connectivity index (χ3n) is 3.13. The van der Waals surface area contributed by atoms with Crippen LogP contribution in [0.1, 0.15) is 30.6 Å². The van der Waals surface area contributed by atoms with Crippen LogP contribution in [-0.4, -0.2) is 15.1 Å². The van der Waals surface area contributed by atoms with E-state index < -0.39 is 23.3 Å². The van der Waals surface area contributed by atoms with Gasteiger partial charge < -0.3 is 10.8 Å². The van der Waals surface area contributed by atoms with E-state index in [1.165, 1.54) is 24.8 Å². The highest BCUT2D eigenvalue weighted by Crippen LogP contribution is 2.31. The maximum atomic E-state index is 13.8. The number of aliphatic hydroxyl groups excluding tert-OH is 1. The molecule has 0 saturated carbocycles. The van der Waals surface area contributed by atoms with Crippen LogP contribution in [-0.2, 0) is 5.54 Å². The maximum Gasteiger partial charge on any atom is 0.131 e. The summed E-state index contributed by atoms with van der Waals surface area (Å²) in [5, 5.41) is 10.1. The Kier molecular flexibility index (Phi) is 4.06. The van der Waals surface area contributed by atoms with Crippen molar-refractivity contribution in [3.63, 3.8) is 0 Å². The molecule has 0 aliphatic rings. The molecule has 1 aromatic carbocycles. The molecule has 6 heteroatoms. The van der Waals surface area contributed by atoms with Gasteiger partial charge in [-0.3, -0.25) is 0 Å². The molecule has 20 heavy (non-hydrogen) atoms. The maximum absolute atomic E-state index is 13.8. The highest BCUT2D eigenvalue weighted by Gasteiger charge is 2.28. The Morgan fingerprint density at radius 1 is 1.30 bits per heavy atom. The molecule has 1 aromatic heterocycles. The lowest BCUT2D eigenvalue weighted by Crippen LogP contribution is -2.36. The molecule has 0 saturated heterocycles. The van der Waals surface area contributed by atoms with Crippen molar-refractivity contribution < 1.29 is 13.9 Å². The van der Waals surface area contributed by atoms with Gasteiger partial charge >= 0.3 is 0 Å². The van der Waals surface area contributed by atoms with Crippen molar-refractivity contribution >= 4 is 0 Å². The minimum atomic E-state index is -1.15. The number of nitrogens with zero attached hydrogens (tertiary/aromatic N) is 2. The van der Waals surface area contributed by atoms with Crippen molar-refractivity contribution in [2.75, 3.05) is 0 Å². The predicted octanol–water partition coefficient (Wildman–Crippen LogP) is 2.05. The Labute approximate surface area is 115 Å². The Bertz CT molecular complexity index is 590. The van der Waals surface area contributed by atoms with Gasteiger partial charge in [-0.15, -0.1) is 0 Å². The van der Waals surface area contributed by atoms with E-state index in [9.17, 15) is 13.9 Å². The zero-order valence-corrected chi connectivity index (χ0v) is 10.9. The number of hydrogen-bond donors (Lipinski definition) is 2. The van der Waals surface area contributed by atoms with Gasteiger partial charge in [-0.1, -0.05) is 6.07 Å². The molecule has 2 unspecified atom stereocenters. The van der Waals surface area contributed by atoms with Crippen LogP contribution in [0.5, 0.6) is 0 Å². The van der Waals surface area contributed by atoms with Crippen LogP contribution in [0, 0.1) is 11.6 Å². The highest BCUT2D eigenvalue weighted by molar-refractivity contribution is 5.26. The standard InChI is InChI=1S/C14H15F2N3O/c1-14(17,11-3-2-10(15)4-12(11)16)5-13(20)9-6-18-8-19-7-9/h2-4,6-8,13,20H,5,17H2,1H3. The van der Waals surface area contributed by atoms with Crippen LogP contribution >= 0.6 is 0 Å². The number of aliphatic hydroxyl groups is 1. The van der Waals surface area contributed by atoms with Crippen molar-refractivity contribution in [3.05, 3.63) is 59.7 Å². The van der Waals surface area contributed by atoms with E-state index in [4.69, 9.17) is 5.73 Å². The van der Waals surface area contributed by atoms with E-state index in [1.807, 2.05) is 0 Å². The Hall–Kier alpha value is -1.92.